The van der Waals surface area contributed by atoms with E-state index < -0.39 is 6.04 Å². The maximum atomic E-state index is 11.9. The predicted molar refractivity (Wildman–Crippen MR) is 87.0 cm³/mol. The largest absolute Gasteiger partial charge is 0.507 e. The zero-order valence-corrected chi connectivity index (χ0v) is 13.0. The van der Waals surface area contributed by atoms with Crippen LogP contribution in [0.15, 0.2) is 41.3 Å². The van der Waals surface area contributed by atoms with Gasteiger partial charge in [0.2, 0.25) is 5.91 Å². The van der Waals surface area contributed by atoms with E-state index in [1.807, 2.05) is 38.1 Å². The summed E-state index contributed by atoms with van der Waals surface area (Å²) >= 11 is 1.23. The zero-order valence-electron chi connectivity index (χ0n) is 12.2. The van der Waals surface area contributed by atoms with Gasteiger partial charge in [0.15, 0.2) is 0 Å². The van der Waals surface area contributed by atoms with Crippen molar-refractivity contribution in [2.75, 3.05) is 0 Å². The number of nitrogens with one attached hydrogen (secondary N) is 1. The van der Waals surface area contributed by atoms with Gasteiger partial charge in [0, 0.05) is 15.7 Å². The average molecular weight is 304 g/mol. The van der Waals surface area contributed by atoms with Gasteiger partial charge in [-0.05, 0) is 36.4 Å². The number of nitrogens with two attached hydrogens (primary N) is 1. The number of aromatic hydroxyl groups is 1. The van der Waals surface area contributed by atoms with Gasteiger partial charge >= 0.3 is 0 Å². The molecule has 0 radical (unpaired) electrons. The molecule has 21 heavy (non-hydrogen) atoms. The summed E-state index contributed by atoms with van der Waals surface area (Å²) in [4.78, 5) is 12.8. The lowest BCUT2D eigenvalue weighted by molar-refractivity contribution is -0.120. The Bertz CT molecular complexity index is 643. The number of phenols is 1. The Morgan fingerprint density at radius 3 is 2.57 bits per heavy atom. The van der Waals surface area contributed by atoms with E-state index in [1.54, 1.807) is 12.1 Å². The van der Waals surface area contributed by atoms with E-state index in [2.05, 4.69) is 4.72 Å². The molecule has 2 aromatic rings. The van der Waals surface area contributed by atoms with Crippen LogP contribution in [0.3, 0.4) is 0 Å². The standard InChI is InChI=1S/C16H20N2O2S/c1-10(2)9-13(17)16(20)18-21-15-8-7-14(19)11-5-3-4-6-12(11)15/h3-8,10,13,19H,9,17H2,1-2H3,(H,18,20). The lowest BCUT2D eigenvalue weighted by Crippen LogP contribution is -2.38. The molecule has 0 saturated carbocycles. The number of fused-ring (bicyclic) bond motifs is 1. The number of carbonyl (C=O) groups is 1. The van der Waals surface area contributed by atoms with E-state index in [0.29, 0.717) is 12.3 Å². The third-order valence-corrected chi connectivity index (χ3v) is 4.06. The van der Waals surface area contributed by atoms with Crippen LogP contribution in [0.25, 0.3) is 10.8 Å². The maximum absolute atomic E-state index is 11.9. The minimum atomic E-state index is -0.499. The summed E-state index contributed by atoms with van der Waals surface area (Å²) in [6.07, 6.45) is 0.655. The summed E-state index contributed by atoms with van der Waals surface area (Å²) in [6.45, 7) is 4.07. The molecule has 4 N–H and O–H groups in total. The number of carbonyl (C=O) groups excluding carboxylic acids is 1. The van der Waals surface area contributed by atoms with Crippen LogP contribution >= 0.6 is 11.9 Å². The Balaban J connectivity index is 2.11. The third kappa shape index (κ3) is 3.89. The first-order chi connectivity index (χ1) is 9.99. The Morgan fingerprint density at radius 2 is 1.90 bits per heavy atom. The van der Waals surface area contributed by atoms with Crippen LogP contribution in [0.5, 0.6) is 5.75 Å². The van der Waals surface area contributed by atoms with Gasteiger partial charge in [-0.3, -0.25) is 9.52 Å². The molecule has 5 heteroatoms. The third-order valence-electron chi connectivity index (χ3n) is 3.18. The summed E-state index contributed by atoms with van der Waals surface area (Å²) in [7, 11) is 0. The van der Waals surface area contributed by atoms with Gasteiger partial charge in [0.1, 0.15) is 5.75 Å². The summed E-state index contributed by atoms with van der Waals surface area (Å²) in [5, 5.41) is 11.5. The second-order valence-corrected chi connectivity index (χ2v) is 6.28. The first-order valence-corrected chi connectivity index (χ1v) is 7.73. The van der Waals surface area contributed by atoms with Gasteiger partial charge in [-0.25, -0.2) is 0 Å². The van der Waals surface area contributed by atoms with Gasteiger partial charge < -0.3 is 10.8 Å². The van der Waals surface area contributed by atoms with Crippen molar-refractivity contribution in [3.8, 4) is 5.75 Å². The van der Waals surface area contributed by atoms with Gasteiger partial charge in [-0.15, -0.1) is 0 Å². The van der Waals surface area contributed by atoms with Gasteiger partial charge in [-0.2, -0.15) is 0 Å². The number of phenolic OH excluding ortho intramolecular Hbond substituents is 1. The number of hydrogen-bond donors (Lipinski definition) is 3. The van der Waals surface area contributed by atoms with E-state index in [1.165, 1.54) is 11.9 Å². The monoisotopic (exact) mass is 304 g/mol. The molecule has 0 spiro atoms. The first kappa shape index (κ1) is 15.7. The quantitative estimate of drug-likeness (QED) is 0.742. The van der Waals surface area contributed by atoms with E-state index in [9.17, 15) is 9.90 Å². The van der Waals surface area contributed by atoms with Crippen LogP contribution in [0, 0.1) is 5.92 Å². The topological polar surface area (TPSA) is 75.4 Å². The second-order valence-electron chi connectivity index (χ2n) is 5.43. The van der Waals surface area contributed by atoms with Crippen LogP contribution in [0.4, 0.5) is 0 Å². The highest BCUT2D eigenvalue weighted by atomic mass is 32.2. The molecule has 1 unspecified atom stereocenters. The summed E-state index contributed by atoms with van der Waals surface area (Å²) in [5.41, 5.74) is 5.85. The van der Waals surface area contributed by atoms with Crippen molar-refractivity contribution in [2.45, 2.75) is 31.2 Å². The fourth-order valence-electron chi connectivity index (χ4n) is 2.14. The molecule has 0 aliphatic heterocycles. The normalized spacial score (nSPS) is 12.6. The summed E-state index contributed by atoms with van der Waals surface area (Å²) in [6, 6.07) is 10.5. The van der Waals surface area contributed by atoms with Gasteiger partial charge in [-0.1, -0.05) is 38.1 Å². The molecule has 112 valence electrons. The lowest BCUT2D eigenvalue weighted by atomic mass is 10.0. The SMILES string of the molecule is CC(C)CC(N)C(=O)NSc1ccc(O)c2ccccc12. The van der Waals surface area contributed by atoms with Gasteiger partial charge in [0.05, 0.1) is 6.04 Å². The molecule has 1 atom stereocenters. The van der Waals surface area contributed by atoms with Crippen molar-refractivity contribution in [1.82, 2.24) is 4.72 Å². The summed E-state index contributed by atoms with van der Waals surface area (Å²) < 4.78 is 2.79. The van der Waals surface area contributed by atoms with Gasteiger partial charge in [0.25, 0.3) is 0 Å². The Hall–Kier alpha value is -1.72. The number of amides is 1. The molecule has 0 aliphatic carbocycles. The number of hydrogen-bond acceptors (Lipinski definition) is 4. The van der Waals surface area contributed by atoms with E-state index >= 15 is 0 Å². The lowest BCUT2D eigenvalue weighted by Gasteiger charge is -2.14. The fraction of sp³-hybridized carbons (Fsp3) is 0.312. The van der Waals surface area contributed by atoms with E-state index in [4.69, 9.17) is 5.73 Å². The van der Waals surface area contributed by atoms with Crippen molar-refractivity contribution in [3.05, 3.63) is 36.4 Å². The molecular formula is C16H20N2O2S. The molecule has 2 rings (SSSR count). The predicted octanol–water partition coefficient (Wildman–Crippen LogP) is 3.04. The highest BCUT2D eigenvalue weighted by Gasteiger charge is 2.15. The molecule has 0 fully saturated rings. The maximum Gasteiger partial charge on any atom is 0.246 e. The molecule has 4 nitrogen and oxygen atoms in total. The molecule has 0 aliphatic rings. The highest BCUT2D eigenvalue weighted by Crippen LogP contribution is 2.32. The van der Waals surface area contributed by atoms with Crippen molar-refractivity contribution >= 4 is 28.6 Å². The molecule has 0 aromatic heterocycles. The molecule has 0 bridgehead atoms. The van der Waals surface area contributed by atoms with Crippen molar-refractivity contribution in [3.63, 3.8) is 0 Å². The highest BCUT2D eigenvalue weighted by molar-refractivity contribution is 7.98. The number of rotatable bonds is 5. The van der Waals surface area contributed by atoms with Crippen molar-refractivity contribution in [2.24, 2.45) is 11.7 Å². The second kappa shape index (κ2) is 6.83. The van der Waals surface area contributed by atoms with Crippen LogP contribution < -0.4 is 10.5 Å². The van der Waals surface area contributed by atoms with Crippen LogP contribution in [-0.4, -0.2) is 17.1 Å². The fourth-order valence-corrected chi connectivity index (χ4v) is 2.93. The Labute approximate surface area is 128 Å². The van der Waals surface area contributed by atoms with Crippen LogP contribution in [0.1, 0.15) is 20.3 Å². The minimum absolute atomic E-state index is 0.175. The smallest absolute Gasteiger partial charge is 0.246 e. The minimum Gasteiger partial charge on any atom is -0.507 e. The Kier molecular flexibility index (Phi) is 5.09. The van der Waals surface area contributed by atoms with Crippen molar-refractivity contribution in [1.29, 1.82) is 0 Å². The zero-order chi connectivity index (χ0) is 15.4. The average Bonchev–Trinajstić information content (AvgIpc) is 2.46. The Morgan fingerprint density at radius 1 is 1.24 bits per heavy atom. The summed E-state index contributed by atoms with van der Waals surface area (Å²) in [5.74, 6) is 0.439. The van der Waals surface area contributed by atoms with Crippen molar-refractivity contribution < 1.29 is 9.90 Å². The first-order valence-electron chi connectivity index (χ1n) is 6.92. The molecule has 0 saturated heterocycles. The van der Waals surface area contributed by atoms with Crippen LogP contribution in [-0.2, 0) is 4.79 Å². The molecule has 2 aromatic carbocycles. The van der Waals surface area contributed by atoms with Crippen LogP contribution in [0.2, 0.25) is 0 Å². The van der Waals surface area contributed by atoms with E-state index in [-0.39, 0.29) is 11.7 Å². The molecular weight excluding hydrogens is 284 g/mol. The molecule has 0 heterocycles. The van der Waals surface area contributed by atoms with E-state index in [0.717, 1.165) is 15.7 Å². The number of benzene rings is 2. The molecule has 1 amide bonds.